The molecule has 0 unspecified atom stereocenters. The van der Waals surface area contributed by atoms with E-state index in [-0.39, 0.29) is 18.6 Å². The van der Waals surface area contributed by atoms with Gasteiger partial charge in [0.2, 0.25) is 0 Å². The number of hydrogen-bond donors (Lipinski definition) is 2. The summed E-state index contributed by atoms with van der Waals surface area (Å²) >= 11 is 0. The number of aliphatic hydroxyl groups excluding tert-OH is 1. The Morgan fingerprint density at radius 1 is 1.04 bits per heavy atom. The molecule has 4 heterocycles. The third-order valence-electron chi connectivity index (χ3n) is 10.1. The van der Waals surface area contributed by atoms with Gasteiger partial charge in [0.05, 0.1) is 23.9 Å². The van der Waals surface area contributed by atoms with Gasteiger partial charge in [-0.25, -0.2) is 9.37 Å². The molecule has 9 nitrogen and oxygen atoms in total. The zero-order valence-corrected chi connectivity index (χ0v) is 28.5. The van der Waals surface area contributed by atoms with Gasteiger partial charge in [-0.15, -0.1) is 0 Å². The lowest BCUT2D eigenvalue weighted by Gasteiger charge is -2.51. The van der Waals surface area contributed by atoms with Crippen LogP contribution in [0.5, 0.6) is 0 Å². The van der Waals surface area contributed by atoms with Gasteiger partial charge < -0.3 is 24.4 Å². The van der Waals surface area contributed by atoms with Crippen LogP contribution in [0, 0.1) is 18.7 Å². The zero-order chi connectivity index (χ0) is 33.2. The van der Waals surface area contributed by atoms with Gasteiger partial charge >= 0.3 is 0 Å². The number of halogens is 1. The summed E-state index contributed by atoms with van der Waals surface area (Å²) in [5.41, 5.74) is 2.24. The Balaban J connectivity index is 1.36. The van der Waals surface area contributed by atoms with E-state index in [1.807, 2.05) is 44.4 Å². The molecule has 10 heteroatoms. The first kappa shape index (κ1) is 34.4. The third kappa shape index (κ3) is 7.16. The molecule has 5 rings (SSSR count). The number of likely N-dealkylation sites (tertiary alicyclic amines) is 1. The molecular weight excluding hydrogens is 583 g/mol. The number of rotatable bonds is 13. The molecule has 2 aliphatic rings. The molecule has 1 atom stereocenters. The van der Waals surface area contributed by atoms with Crippen LogP contribution in [0.4, 0.5) is 4.39 Å². The van der Waals surface area contributed by atoms with Crippen molar-refractivity contribution >= 4 is 11.4 Å². The highest BCUT2D eigenvalue weighted by atomic mass is 19.1. The van der Waals surface area contributed by atoms with E-state index in [2.05, 4.69) is 33.5 Å². The number of aryl methyl sites for hydroxylation is 1. The number of aliphatic hydroxyl groups is 2. The van der Waals surface area contributed by atoms with Crippen molar-refractivity contribution in [3.05, 3.63) is 59.4 Å². The Morgan fingerprint density at radius 2 is 1.72 bits per heavy atom. The van der Waals surface area contributed by atoms with Crippen molar-refractivity contribution in [1.29, 1.82) is 0 Å². The Hall–Kier alpha value is -2.89. The largest absolute Gasteiger partial charge is 0.395 e. The van der Waals surface area contributed by atoms with E-state index < -0.39 is 11.4 Å². The predicted molar refractivity (Wildman–Crippen MR) is 180 cm³/mol. The topological polar surface area (TPSA) is 87.8 Å². The lowest BCUT2D eigenvalue weighted by molar-refractivity contribution is -0.129. The number of piperazine rings is 1. The summed E-state index contributed by atoms with van der Waals surface area (Å²) < 4.78 is 16.6. The number of nitrogens with zero attached hydrogens (tertiary/aromatic N) is 6. The molecule has 0 aliphatic carbocycles. The quantitative estimate of drug-likeness (QED) is 0.290. The van der Waals surface area contributed by atoms with E-state index in [4.69, 9.17) is 0 Å². The summed E-state index contributed by atoms with van der Waals surface area (Å²) in [6.07, 6.45) is 5.93. The van der Waals surface area contributed by atoms with Crippen LogP contribution in [-0.2, 0) is 5.60 Å². The molecule has 0 spiro atoms. The van der Waals surface area contributed by atoms with Gasteiger partial charge in [-0.3, -0.25) is 14.6 Å². The summed E-state index contributed by atoms with van der Waals surface area (Å²) in [4.78, 5) is 27.3. The lowest BCUT2D eigenvalue weighted by Crippen LogP contribution is -2.63. The molecule has 3 aromatic rings. The summed E-state index contributed by atoms with van der Waals surface area (Å²) in [5.74, 6) is 0.561. The summed E-state index contributed by atoms with van der Waals surface area (Å²) in [6, 6.07) is 6.71. The smallest absolute Gasteiger partial charge is 0.254 e. The van der Waals surface area contributed by atoms with Crippen molar-refractivity contribution in [1.82, 2.24) is 29.0 Å². The Morgan fingerprint density at radius 3 is 2.33 bits per heavy atom. The first-order chi connectivity index (χ1) is 21.9. The highest BCUT2D eigenvalue weighted by Gasteiger charge is 2.46. The van der Waals surface area contributed by atoms with Gasteiger partial charge in [0, 0.05) is 81.8 Å². The van der Waals surface area contributed by atoms with E-state index in [0.29, 0.717) is 42.7 Å². The van der Waals surface area contributed by atoms with E-state index in [9.17, 15) is 19.4 Å². The van der Waals surface area contributed by atoms with Crippen LogP contribution in [-0.4, -0.2) is 123 Å². The van der Waals surface area contributed by atoms with Gasteiger partial charge in [0.25, 0.3) is 5.91 Å². The second-order valence-electron chi connectivity index (χ2n) is 13.9. The van der Waals surface area contributed by atoms with Crippen LogP contribution in [0.15, 0.2) is 36.7 Å². The minimum Gasteiger partial charge on any atom is -0.395 e. The Kier molecular flexibility index (Phi) is 10.8. The minimum absolute atomic E-state index is 0.0326. The number of β-amino-alcohol motifs (C(OH)–C–C–N with tert-alkyl or cyclic N) is 2. The van der Waals surface area contributed by atoms with Crippen molar-refractivity contribution in [2.24, 2.45) is 5.92 Å². The number of benzene rings is 1. The van der Waals surface area contributed by atoms with E-state index in [0.717, 1.165) is 74.6 Å². The van der Waals surface area contributed by atoms with Crippen LogP contribution in [0.2, 0.25) is 0 Å². The lowest BCUT2D eigenvalue weighted by atomic mass is 9.82. The summed E-state index contributed by atoms with van der Waals surface area (Å²) in [7, 11) is 0. The molecule has 46 heavy (non-hydrogen) atoms. The fraction of sp³-hybridized carbons (Fsp3) is 0.611. The standard InChI is InChI=1S/C36H53FN6O3/c1-7-42(26(4)5)35(45)32-20-29(37)10-11-30(32)31-19-28(22-43-27(6)38-21-34(31)43)36(46)23-41(24-36)33(25(2)3)9-8-12-39-13-15-40(16-14-39)17-18-44/h10-11,19-22,25-26,33,44,46H,7-9,12-18,23-24H2,1-6H3/t33-/m0/s1. The summed E-state index contributed by atoms with van der Waals surface area (Å²) in [6.45, 7) is 20.0. The van der Waals surface area contributed by atoms with Crippen molar-refractivity contribution in [2.75, 3.05) is 65.5 Å². The first-order valence-corrected chi connectivity index (χ1v) is 17.1. The minimum atomic E-state index is -1.05. The van der Waals surface area contributed by atoms with Gasteiger partial charge in [-0.05, 0) is 76.8 Å². The molecule has 2 aliphatic heterocycles. The molecule has 0 bridgehead atoms. The molecule has 2 N–H and O–H groups in total. The number of pyridine rings is 1. The molecule has 2 fully saturated rings. The monoisotopic (exact) mass is 636 g/mol. The number of aromatic nitrogens is 2. The van der Waals surface area contributed by atoms with Crippen molar-refractivity contribution in [3.63, 3.8) is 0 Å². The molecule has 252 valence electrons. The van der Waals surface area contributed by atoms with Crippen molar-refractivity contribution in [3.8, 4) is 11.1 Å². The molecular formula is C36H53FN6O3. The Labute approximate surface area is 273 Å². The molecule has 2 saturated heterocycles. The van der Waals surface area contributed by atoms with E-state index >= 15 is 0 Å². The highest BCUT2D eigenvalue weighted by molar-refractivity contribution is 6.03. The zero-order valence-electron chi connectivity index (χ0n) is 28.5. The number of amides is 1. The Bertz CT molecular complexity index is 1490. The number of imidazole rings is 1. The van der Waals surface area contributed by atoms with Gasteiger partial charge in [-0.2, -0.15) is 0 Å². The highest BCUT2D eigenvalue weighted by Crippen LogP contribution is 2.39. The number of carbonyl (C=O) groups excluding carboxylic acids is 1. The predicted octanol–water partition coefficient (Wildman–Crippen LogP) is 4.24. The van der Waals surface area contributed by atoms with Gasteiger partial charge in [0.15, 0.2) is 0 Å². The fourth-order valence-electron chi connectivity index (χ4n) is 7.40. The van der Waals surface area contributed by atoms with Crippen LogP contribution in [0.1, 0.15) is 69.2 Å². The maximum Gasteiger partial charge on any atom is 0.254 e. The number of fused-ring (bicyclic) bond motifs is 1. The van der Waals surface area contributed by atoms with Crippen molar-refractivity contribution < 1.29 is 19.4 Å². The molecule has 1 amide bonds. The van der Waals surface area contributed by atoms with Gasteiger partial charge in [-0.1, -0.05) is 19.9 Å². The average Bonchev–Trinajstić information content (AvgIpc) is 3.39. The molecule has 2 aromatic heterocycles. The maximum absolute atomic E-state index is 14.6. The van der Waals surface area contributed by atoms with E-state index in [1.165, 1.54) is 12.1 Å². The maximum atomic E-state index is 14.6. The number of hydrogen-bond acceptors (Lipinski definition) is 7. The second kappa shape index (κ2) is 14.5. The fourth-order valence-corrected chi connectivity index (χ4v) is 7.40. The van der Waals surface area contributed by atoms with Crippen LogP contribution < -0.4 is 0 Å². The van der Waals surface area contributed by atoms with E-state index in [1.54, 1.807) is 17.2 Å². The summed E-state index contributed by atoms with van der Waals surface area (Å²) in [5, 5.41) is 21.2. The molecule has 1 aromatic carbocycles. The normalized spacial score (nSPS) is 18.4. The van der Waals surface area contributed by atoms with Crippen LogP contribution in [0.3, 0.4) is 0 Å². The molecule has 0 saturated carbocycles. The van der Waals surface area contributed by atoms with Crippen molar-refractivity contribution in [2.45, 2.75) is 72.1 Å². The third-order valence-corrected chi connectivity index (χ3v) is 10.1. The van der Waals surface area contributed by atoms with Crippen LogP contribution >= 0.6 is 0 Å². The van der Waals surface area contributed by atoms with Crippen LogP contribution in [0.25, 0.3) is 16.6 Å². The SMILES string of the molecule is CCN(C(=O)c1cc(F)ccc1-c1cc(C2(O)CN([C@@H](CCCN3CCN(CCO)CC3)C(C)C)C2)cn2c(C)ncc12)C(C)C. The number of carbonyl (C=O) groups is 1. The first-order valence-electron chi connectivity index (χ1n) is 17.1. The molecule has 0 radical (unpaired) electrons. The second-order valence-corrected chi connectivity index (χ2v) is 13.9. The van der Waals surface area contributed by atoms with Gasteiger partial charge in [0.1, 0.15) is 17.2 Å². The average molecular weight is 637 g/mol.